The van der Waals surface area contributed by atoms with E-state index in [1.54, 1.807) is 0 Å². The van der Waals surface area contributed by atoms with Crippen molar-refractivity contribution in [3.05, 3.63) is 29.8 Å². The molecule has 1 aliphatic rings. The van der Waals surface area contributed by atoms with E-state index in [2.05, 4.69) is 10.6 Å². The molecule has 17 heavy (non-hydrogen) atoms. The van der Waals surface area contributed by atoms with Crippen molar-refractivity contribution >= 4 is 5.69 Å². The van der Waals surface area contributed by atoms with Gasteiger partial charge < -0.3 is 10.6 Å². The second-order valence-corrected chi connectivity index (χ2v) is 4.26. The Hall–Kier alpha value is -1.23. The van der Waals surface area contributed by atoms with Gasteiger partial charge in [-0.2, -0.15) is 13.2 Å². The van der Waals surface area contributed by atoms with Gasteiger partial charge in [0.25, 0.3) is 0 Å². The minimum atomic E-state index is -4.26. The minimum absolute atomic E-state index is 0.306. The van der Waals surface area contributed by atoms with E-state index >= 15 is 0 Å². The highest BCUT2D eigenvalue weighted by Gasteiger charge is 2.30. The fourth-order valence-electron chi connectivity index (χ4n) is 1.97. The summed E-state index contributed by atoms with van der Waals surface area (Å²) in [6.45, 7) is 1.88. The van der Waals surface area contributed by atoms with Gasteiger partial charge in [0, 0.05) is 18.3 Å². The summed E-state index contributed by atoms with van der Waals surface area (Å²) in [4.78, 5) is 0. The molecule has 1 aromatic carbocycles. The van der Waals surface area contributed by atoms with Crippen molar-refractivity contribution in [2.45, 2.75) is 25.1 Å². The van der Waals surface area contributed by atoms with Crippen molar-refractivity contribution in [3.63, 3.8) is 0 Å². The van der Waals surface area contributed by atoms with E-state index in [4.69, 9.17) is 0 Å². The number of hydrogen-bond donors (Lipinski definition) is 2. The highest BCUT2D eigenvalue weighted by molar-refractivity contribution is 5.46. The lowest BCUT2D eigenvalue weighted by Crippen LogP contribution is -2.38. The molecule has 1 heterocycles. The van der Waals surface area contributed by atoms with E-state index in [0.717, 1.165) is 43.8 Å². The SMILES string of the molecule is FC(F)(F)c1ccc(N[C@@H]2CCCNC2)cc1. The lowest BCUT2D eigenvalue weighted by Gasteiger charge is -2.24. The van der Waals surface area contributed by atoms with Gasteiger partial charge in [0.1, 0.15) is 0 Å². The molecule has 1 aromatic rings. The van der Waals surface area contributed by atoms with Gasteiger partial charge in [-0.1, -0.05) is 0 Å². The van der Waals surface area contributed by atoms with E-state index in [1.165, 1.54) is 12.1 Å². The molecule has 0 unspecified atom stereocenters. The third-order valence-corrected chi connectivity index (χ3v) is 2.88. The number of piperidine rings is 1. The van der Waals surface area contributed by atoms with Crippen molar-refractivity contribution in [1.82, 2.24) is 5.32 Å². The lowest BCUT2D eigenvalue weighted by atomic mass is 10.1. The molecule has 1 aliphatic heterocycles. The van der Waals surface area contributed by atoms with Crippen LogP contribution in [0.5, 0.6) is 0 Å². The maximum atomic E-state index is 12.3. The molecule has 1 fully saturated rings. The third kappa shape index (κ3) is 3.36. The van der Waals surface area contributed by atoms with Gasteiger partial charge in [-0.05, 0) is 43.7 Å². The summed E-state index contributed by atoms with van der Waals surface area (Å²) >= 11 is 0. The average molecular weight is 244 g/mol. The van der Waals surface area contributed by atoms with Gasteiger partial charge in [-0.3, -0.25) is 0 Å². The molecule has 0 saturated carbocycles. The topological polar surface area (TPSA) is 24.1 Å². The number of anilines is 1. The van der Waals surface area contributed by atoms with Gasteiger partial charge in [-0.25, -0.2) is 0 Å². The maximum Gasteiger partial charge on any atom is 0.416 e. The zero-order valence-electron chi connectivity index (χ0n) is 9.35. The van der Waals surface area contributed by atoms with Crippen LogP contribution in [0.25, 0.3) is 0 Å². The summed E-state index contributed by atoms with van der Waals surface area (Å²) in [6.07, 6.45) is -2.11. The first-order chi connectivity index (χ1) is 8.05. The summed E-state index contributed by atoms with van der Waals surface area (Å²) in [6, 6.07) is 5.49. The largest absolute Gasteiger partial charge is 0.416 e. The molecular formula is C12H15F3N2. The molecule has 0 radical (unpaired) electrons. The van der Waals surface area contributed by atoms with Crippen LogP contribution in [0.4, 0.5) is 18.9 Å². The van der Waals surface area contributed by atoms with Crippen molar-refractivity contribution in [2.24, 2.45) is 0 Å². The van der Waals surface area contributed by atoms with Crippen LogP contribution in [0.3, 0.4) is 0 Å². The zero-order chi connectivity index (χ0) is 12.3. The van der Waals surface area contributed by atoms with Crippen molar-refractivity contribution in [2.75, 3.05) is 18.4 Å². The van der Waals surface area contributed by atoms with E-state index in [0.29, 0.717) is 6.04 Å². The molecule has 94 valence electrons. The van der Waals surface area contributed by atoms with E-state index in [-0.39, 0.29) is 0 Å². The number of alkyl halides is 3. The van der Waals surface area contributed by atoms with Gasteiger partial charge in [0.15, 0.2) is 0 Å². The molecule has 0 spiro atoms. The monoisotopic (exact) mass is 244 g/mol. The number of nitrogens with one attached hydrogen (secondary N) is 2. The lowest BCUT2D eigenvalue weighted by molar-refractivity contribution is -0.137. The van der Waals surface area contributed by atoms with Crippen LogP contribution in [0, 0.1) is 0 Å². The molecule has 1 saturated heterocycles. The van der Waals surface area contributed by atoms with Gasteiger partial charge in [-0.15, -0.1) is 0 Å². The van der Waals surface area contributed by atoms with Crippen molar-refractivity contribution in [3.8, 4) is 0 Å². The Morgan fingerprint density at radius 3 is 2.41 bits per heavy atom. The molecule has 0 aliphatic carbocycles. The standard InChI is InChI=1S/C12H15F3N2/c13-12(14,15)9-3-5-10(6-4-9)17-11-2-1-7-16-8-11/h3-6,11,16-17H,1-2,7-8H2/t11-/m1/s1. The summed E-state index contributed by atoms with van der Waals surface area (Å²) in [5.41, 5.74) is 0.136. The van der Waals surface area contributed by atoms with E-state index in [1.807, 2.05) is 0 Å². The molecule has 0 bridgehead atoms. The quantitative estimate of drug-likeness (QED) is 0.836. The molecule has 2 nitrogen and oxygen atoms in total. The second kappa shape index (κ2) is 4.96. The van der Waals surface area contributed by atoms with E-state index < -0.39 is 11.7 Å². The first kappa shape index (κ1) is 12.2. The van der Waals surface area contributed by atoms with Gasteiger partial charge >= 0.3 is 6.18 Å². The van der Waals surface area contributed by atoms with Crippen LogP contribution in [-0.4, -0.2) is 19.1 Å². The first-order valence-electron chi connectivity index (χ1n) is 5.70. The number of benzene rings is 1. The number of halogens is 3. The Morgan fingerprint density at radius 1 is 1.18 bits per heavy atom. The summed E-state index contributed by atoms with van der Waals surface area (Å²) in [5, 5.41) is 6.48. The average Bonchev–Trinajstić information content (AvgIpc) is 2.30. The molecule has 2 N–H and O–H groups in total. The normalized spacial score (nSPS) is 21.2. The summed E-state index contributed by atoms with van der Waals surface area (Å²) in [7, 11) is 0. The Bertz CT molecular complexity index is 353. The summed E-state index contributed by atoms with van der Waals surface area (Å²) < 4.78 is 37.0. The molecule has 1 atom stereocenters. The summed E-state index contributed by atoms with van der Waals surface area (Å²) in [5.74, 6) is 0. The molecule has 0 amide bonds. The maximum absolute atomic E-state index is 12.3. The Morgan fingerprint density at radius 2 is 1.88 bits per heavy atom. The molecule has 2 rings (SSSR count). The van der Waals surface area contributed by atoms with Crippen LogP contribution in [0.15, 0.2) is 24.3 Å². The predicted octanol–water partition coefficient (Wildman–Crippen LogP) is 2.87. The second-order valence-electron chi connectivity index (χ2n) is 4.26. The highest BCUT2D eigenvalue weighted by atomic mass is 19.4. The van der Waals surface area contributed by atoms with Crippen LogP contribution in [0.2, 0.25) is 0 Å². The number of rotatable bonds is 2. The van der Waals surface area contributed by atoms with Gasteiger partial charge in [0.05, 0.1) is 5.56 Å². The number of hydrogen-bond acceptors (Lipinski definition) is 2. The third-order valence-electron chi connectivity index (χ3n) is 2.88. The zero-order valence-corrected chi connectivity index (χ0v) is 9.35. The minimum Gasteiger partial charge on any atom is -0.381 e. The smallest absolute Gasteiger partial charge is 0.381 e. The Labute approximate surface area is 98.2 Å². The Kier molecular flexibility index (Phi) is 3.57. The van der Waals surface area contributed by atoms with Gasteiger partial charge in [0.2, 0.25) is 0 Å². The fraction of sp³-hybridized carbons (Fsp3) is 0.500. The fourth-order valence-corrected chi connectivity index (χ4v) is 1.97. The highest BCUT2D eigenvalue weighted by Crippen LogP contribution is 2.30. The first-order valence-corrected chi connectivity index (χ1v) is 5.70. The van der Waals surface area contributed by atoms with Crippen molar-refractivity contribution in [1.29, 1.82) is 0 Å². The van der Waals surface area contributed by atoms with Crippen LogP contribution in [-0.2, 0) is 6.18 Å². The van der Waals surface area contributed by atoms with Crippen molar-refractivity contribution < 1.29 is 13.2 Å². The van der Waals surface area contributed by atoms with Crippen LogP contribution >= 0.6 is 0 Å². The molecular weight excluding hydrogens is 229 g/mol. The van der Waals surface area contributed by atoms with Crippen LogP contribution in [0.1, 0.15) is 18.4 Å². The molecule has 0 aromatic heterocycles. The molecule has 5 heteroatoms. The van der Waals surface area contributed by atoms with E-state index in [9.17, 15) is 13.2 Å². The Balaban J connectivity index is 1.98. The predicted molar refractivity (Wildman–Crippen MR) is 61.0 cm³/mol. The van der Waals surface area contributed by atoms with Crippen LogP contribution < -0.4 is 10.6 Å².